The van der Waals surface area contributed by atoms with E-state index in [4.69, 9.17) is 11.6 Å². The second-order valence-corrected chi connectivity index (χ2v) is 5.99. The van der Waals surface area contributed by atoms with Crippen molar-refractivity contribution in [1.29, 1.82) is 0 Å². The fraction of sp³-hybridized carbons (Fsp3) is 0.400. The van der Waals surface area contributed by atoms with Gasteiger partial charge in [0.05, 0.1) is 12.6 Å². The lowest BCUT2D eigenvalue weighted by Gasteiger charge is -2.33. The zero-order valence-corrected chi connectivity index (χ0v) is 13.0. The minimum absolute atomic E-state index is 0.0264. The number of aryl methyl sites for hydroxylation is 1. The first kappa shape index (κ1) is 16.1. The molecule has 4 nitrogen and oxygen atoms in total. The quantitative estimate of drug-likeness (QED) is 0.865. The van der Waals surface area contributed by atoms with Gasteiger partial charge in [0, 0.05) is 6.42 Å². The van der Waals surface area contributed by atoms with Crippen LogP contribution in [0.1, 0.15) is 35.3 Å². The van der Waals surface area contributed by atoms with Gasteiger partial charge in [0.15, 0.2) is 6.04 Å². The molecule has 8 heteroatoms. The minimum Gasteiger partial charge on any atom is -0.390 e. The first-order chi connectivity index (χ1) is 10.8. The standard InChI is InChI=1S/C15H15ClF3N3O/c1-8-2-4-9(5-3-8)10-6-12(15(17,18)19)22-14(20-10)13(16)11(7-23)21-22/h2-5,10,12,20,23H,6-7H2,1H3/t10-,12+/m1/s1. The first-order valence-electron chi connectivity index (χ1n) is 7.09. The van der Waals surface area contributed by atoms with Crippen molar-refractivity contribution in [3.63, 3.8) is 0 Å². The Bertz CT molecular complexity index is 712. The zero-order chi connectivity index (χ0) is 16.8. The van der Waals surface area contributed by atoms with E-state index in [9.17, 15) is 18.3 Å². The zero-order valence-electron chi connectivity index (χ0n) is 12.2. The molecular formula is C15H15ClF3N3O. The molecule has 0 unspecified atom stereocenters. The number of nitrogens with one attached hydrogen (secondary N) is 1. The molecule has 0 saturated carbocycles. The van der Waals surface area contributed by atoms with E-state index in [0.29, 0.717) is 0 Å². The average molecular weight is 346 g/mol. The number of rotatable bonds is 2. The molecule has 0 radical (unpaired) electrons. The molecule has 2 aromatic rings. The summed E-state index contributed by atoms with van der Waals surface area (Å²) in [5, 5.41) is 16.1. The highest BCUT2D eigenvalue weighted by molar-refractivity contribution is 6.33. The molecule has 23 heavy (non-hydrogen) atoms. The number of anilines is 1. The monoisotopic (exact) mass is 345 g/mol. The van der Waals surface area contributed by atoms with Gasteiger partial charge in [-0.15, -0.1) is 0 Å². The van der Waals surface area contributed by atoms with E-state index in [2.05, 4.69) is 10.4 Å². The molecule has 1 aromatic heterocycles. The van der Waals surface area contributed by atoms with Crippen LogP contribution < -0.4 is 5.32 Å². The smallest absolute Gasteiger partial charge is 0.390 e. The van der Waals surface area contributed by atoms with Gasteiger partial charge in [-0.3, -0.25) is 0 Å². The van der Waals surface area contributed by atoms with Crippen molar-refractivity contribution < 1.29 is 18.3 Å². The van der Waals surface area contributed by atoms with Crippen molar-refractivity contribution in [2.75, 3.05) is 5.32 Å². The molecule has 2 heterocycles. The third-order valence-corrected chi connectivity index (χ3v) is 4.39. The summed E-state index contributed by atoms with van der Waals surface area (Å²) >= 11 is 6.06. The number of fused-ring (bicyclic) bond motifs is 1. The van der Waals surface area contributed by atoms with Gasteiger partial charge in [-0.25, -0.2) is 4.68 Å². The molecule has 2 atom stereocenters. The van der Waals surface area contributed by atoms with Gasteiger partial charge in [-0.2, -0.15) is 18.3 Å². The van der Waals surface area contributed by atoms with Crippen molar-refractivity contribution in [2.24, 2.45) is 0 Å². The Balaban J connectivity index is 2.04. The first-order valence-corrected chi connectivity index (χ1v) is 7.46. The Morgan fingerprint density at radius 3 is 2.57 bits per heavy atom. The molecule has 1 aliphatic rings. The highest BCUT2D eigenvalue weighted by Crippen LogP contribution is 2.46. The number of aliphatic hydroxyl groups excluding tert-OH is 1. The maximum absolute atomic E-state index is 13.4. The number of aromatic nitrogens is 2. The van der Waals surface area contributed by atoms with E-state index in [1.807, 2.05) is 19.1 Å². The van der Waals surface area contributed by atoms with Crippen LogP contribution in [0.15, 0.2) is 24.3 Å². The van der Waals surface area contributed by atoms with Gasteiger partial charge in [-0.05, 0) is 12.5 Å². The summed E-state index contributed by atoms with van der Waals surface area (Å²) in [5.74, 6) is 0.0925. The normalized spacial score (nSPS) is 21.0. The Kier molecular flexibility index (Phi) is 4.01. The van der Waals surface area contributed by atoms with E-state index in [1.165, 1.54) is 0 Å². The largest absolute Gasteiger partial charge is 0.410 e. The highest BCUT2D eigenvalue weighted by atomic mass is 35.5. The summed E-state index contributed by atoms with van der Waals surface area (Å²) in [6.07, 6.45) is -4.65. The number of hydrogen-bond acceptors (Lipinski definition) is 3. The lowest BCUT2D eigenvalue weighted by molar-refractivity contribution is -0.173. The predicted octanol–water partition coefficient (Wildman–Crippen LogP) is 4.00. The number of hydrogen-bond donors (Lipinski definition) is 2. The Hall–Kier alpha value is -1.73. The van der Waals surface area contributed by atoms with E-state index >= 15 is 0 Å². The summed E-state index contributed by atoms with van der Waals surface area (Å²) in [7, 11) is 0. The number of benzene rings is 1. The van der Waals surface area contributed by atoms with Gasteiger partial charge in [0.1, 0.15) is 16.5 Å². The molecule has 0 spiro atoms. The van der Waals surface area contributed by atoms with Crippen molar-refractivity contribution in [3.05, 3.63) is 46.1 Å². The number of nitrogens with zero attached hydrogens (tertiary/aromatic N) is 2. The molecule has 124 valence electrons. The molecule has 0 bridgehead atoms. The summed E-state index contributed by atoms with van der Waals surface area (Å²) < 4.78 is 41.1. The van der Waals surface area contributed by atoms with Gasteiger partial charge in [0.25, 0.3) is 0 Å². The van der Waals surface area contributed by atoms with Crippen molar-refractivity contribution in [1.82, 2.24) is 9.78 Å². The van der Waals surface area contributed by atoms with Crippen LogP contribution in [0, 0.1) is 6.92 Å². The SMILES string of the molecule is Cc1ccc([C@H]2C[C@@H](C(F)(F)F)n3nc(CO)c(Cl)c3N2)cc1. The average Bonchev–Trinajstić information content (AvgIpc) is 2.82. The fourth-order valence-electron chi connectivity index (χ4n) is 2.75. The van der Waals surface area contributed by atoms with Crippen LogP contribution in [0.2, 0.25) is 5.02 Å². The van der Waals surface area contributed by atoms with Crippen LogP contribution >= 0.6 is 11.6 Å². The van der Waals surface area contributed by atoms with Crippen LogP contribution in [0.3, 0.4) is 0 Å². The second kappa shape index (κ2) is 5.72. The van der Waals surface area contributed by atoms with Gasteiger partial charge >= 0.3 is 6.18 Å². The van der Waals surface area contributed by atoms with E-state index in [-0.39, 0.29) is 23.0 Å². The van der Waals surface area contributed by atoms with Gasteiger partial charge in [0.2, 0.25) is 0 Å². The Morgan fingerprint density at radius 2 is 2.00 bits per heavy atom. The molecule has 1 aromatic carbocycles. The van der Waals surface area contributed by atoms with Crippen LogP contribution in [0.5, 0.6) is 0 Å². The van der Waals surface area contributed by atoms with Crippen molar-refractivity contribution >= 4 is 17.4 Å². The number of alkyl halides is 3. The van der Waals surface area contributed by atoms with Crippen LogP contribution in [-0.2, 0) is 6.61 Å². The molecule has 1 aliphatic heterocycles. The molecule has 0 amide bonds. The summed E-state index contributed by atoms with van der Waals surface area (Å²) in [5.41, 5.74) is 1.81. The highest BCUT2D eigenvalue weighted by Gasteiger charge is 2.47. The number of halogens is 4. The molecule has 3 rings (SSSR count). The second-order valence-electron chi connectivity index (χ2n) is 5.61. The molecule has 0 saturated heterocycles. The summed E-state index contributed by atoms with van der Waals surface area (Å²) in [6.45, 7) is 1.40. The Morgan fingerprint density at radius 1 is 1.35 bits per heavy atom. The lowest BCUT2D eigenvalue weighted by atomic mass is 9.96. The molecular weight excluding hydrogens is 331 g/mol. The minimum atomic E-state index is -4.46. The maximum atomic E-state index is 13.4. The fourth-order valence-corrected chi connectivity index (χ4v) is 2.99. The topological polar surface area (TPSA) is 50.1 Å². The van der Waals surface area contributed by atoms with Gasteiger partial charge in [-0.1, -0.05) is 41.4 Å². The maximum Gasteiger partial charge on any atom is 0.410 e. The summed E-state index contributed by atoms with van der Waals surface area (Å²) in [4.78, 5) is 0. The number of aliphatic hydroxyl groups is 1. The van der Waals surface area contributed by atoms with Crippen LogP contribution in [0.4, 0.5) is 19.0 Å². The third-order valence-electron chi connectivity index (χ3n) is 3.99. The van der Waals surface area contributed by atoms with E-state index < -0.39 is 24.9 Å². The summed E-state index contributed by atoms with van der Waals surface area (Å²) in [6, 6.07) is 4.98. The Labute approximate surface area is 135 Å². The molecule has 0 aliphatic carbocycles. The van der Waals surface area contributed by atoms with E-state index in [1.54, 1.807) is 12.1 Å². The van der Waals surface area contributed by atoms with E-state index in [0.717, 1.165) is 15.8 Å². The van der Waals surface area contributed by atoms with Crippen LogP contribution in [0.25, 0.3) is 0 Å². The molecule has 0 fully saturated rings. The lowest BCUT2D eigenvalue weighted by Crippen LogP contribution is -2.35. The third kappa shape index (κ3) is 2.90. The van der Waals surface area contributed by atoms with Crippen LogP contribution in [-0.4, -0.2) is 21.1 Å². The van der Waals surface area contributed by atoms with Crippen molar-refractivity contribution in [2.45, 2.75) is 38.2 Å². The van der Waals surface area contributed by atoms with Gasteiger partial charge < -0.3 is 10.4 Å². The van der Waals surface area contributed by atoms with Crippen molar-refractivity contribution in [3.8, 4) is 0 Å². The molecule has 2 N–H and O–H groups in total. The predicted molar refractivity (Wildman–Crippen MR) is 80.4 cm³/mol.